The highest BCUT2D eigenvalue weighted by molar-refractivity contribution is 7.88. The lowest BCUT2D eigenvalue weighted by atomic mass is 9.92. The quantitative estimate of drug-likeness (QED) is 0.901. The second-order valence-corrected chi connectivity index (χ2v) is 8.01. The van der Waals surface area contributed by atoms with Crippen molar-refractivity contribution in [2.24, 2.45) is 11.8 Å². The van der Waals surface area contributed by atoms with Crippen LogP contribution in [-0.4, -0.2) is 43.8 Å². The van der Waals surface area contributed by atoms with Gasteiger partial charge in [-0.05, 0) is 25.7 Å². The molecule has 1 aliphatic rings. The third-order valence-electron chi connectivity index (χ3n) is 3.94. The van der Waals surface area contributed by atoms with Gasteiger partial charge in [-0.1, -0.05) is 13.8 Å². The summed E-state index contributed by atoms with van der Waals surface area (Å²) in [5.41, 5.74) is 1.75. The van der Waals surface area contributed by atoms with Crippen molar-refractivity contribution in [3.8, 4) is 0 Å². The van der Waals surface area contributed by atoms with Crippen LogP contribution in [0.5, 0.6) is 0 Å². The molecule has 2 rings (SSSR count). The summed E-state index contributed by atoms with van der Waals surface area (Å²) in [5.74, 6) is 1.52. The molecule has 2 atom stereocenters. The maximum atomic E-state index is 11.6. The summed E-state index contributed by atoms with van der Waals surface area (Å²) < 4.78 is 25.9. The Kier molecular flexibility index (Phi) is 4.53. The van der Waals surface area contributed by atoms with Gasteiger partial charge in [-0.2, -0.15) is 0 Å². The van der Waals surface area contributed by atoms with Crippen LogP contribution in [0.15, 0.2) is 6.20 Å². The summed E-state index contributed by atoms with van der Waals surface area (Å²) in [4.78, 5) is 11.1. The molecule has 0 bridgehead atoms. The van der Waals surface area contributed by atoms with Gasteiger partial charge in [0, 0.05) is 25.3 Å². The van der Waals surface area contributed by atoms with Crippen LogP contribution in [0.1, 0.15) is 25.2 Å². The molecule has 0 spiro atoms. The smallest absolute Gasteiger partial charge is 0.209 e. The van der Waals surface area contributed by atoms with Gasteiger partial charge in [-0.15, -0.1) is 0 Å². The lowest BCUT2D eigenvalue weighted by molar-refractivity contribution is 0.365. The van der Waals surface area contributed by atoms with Gasteiger partial charge in [0.05, 0.1) is 17.6 Å². The number of nitrogens with zero attached hydrogens (tertiary/aromatic N) is 3. The van der Waals surface area contributed by atoms with Crippen LogP contribution in [0, 0.1) is 25.7 Å². The Bertz CT molecular complexity index is 615. The van der Waals surface area contributed by atoms with E-state index in [0.717, 1.165) is 23.8 Å². The first-order chi connectivity index (χ1) is 9.67. The molecule has 1 aromatic heterocycles. The zero-order valence-electron chi connectivity index (χ0n) is 13.3. The standard InChI is InChI=1S/C14H24N4O2S/c1-9(2)12-7-18(8-13(12)17-21(5,19)20)14-11(4)15-6-10(3)16-14/h6,9,12-13,17H,7-8H2,1-5H3/t12-,13+/m0/s1. The number of nitrogens with one attached hydrogen (secondary N) is 1. The normalized spacial score (nSPS) is 23.0. The summed E-state index contributed by atoms with van der Waals surface area (Å²) in [6.45, 7) is 9.53. The van der Waals surface area contributed by atoms with Crippen molar-refractivity contribution in [2.75, 3.05) is 24.2 Å². The first-order valence-corrected chi connectivity index (χ1v) is 9.09. The monoisotopic (exact) mass is 312 g/mol. The molecule has 0 aliphatic carbocycles. The number of hydrogen-bond donors (Lipinski definition) is 1. The molecular formula is C14H24N4O2S. The topological polar surface area (TPSA) is 75.2 Å². The SMILES string of the molecule is Cc1cnc(C)c(N2C[C@@H](NS(C)(=O)=O)[C@H](C(C)C)C2)n1. The maximum Gasteiger partial charge on any atom is 0.209 e. The zero-order valence-corrected chi connectivity index (χ0v) is 14.1. The van der Waals surface area contributed by atoms with E-state index >= 15 is 0 Å². The van der Waals surface area contributed by atoms with Gasteiger partial charge in [0.2, 0.25) is 10.0 Å². The molecule has 6 nitrogen and oxygen atoms in total. The Labute approximate surface area is 127 Å². The largest absolute Gasteiger partial charge is 0.353 e. The highest BCUT2D eigenvalue weighted by Gasteiger charge is 2.37. The van der Waals surface area contributed by atoms with Gasteiger partial charge in [0.25, 0.3) is 0 Å². The van der Waals surface area contributed by atoms with Crippen molar-refractivity contribution in [3.63, 3.8) is 0 Å². The average Bonchev–Trinajstić information content (AvgIpc) is 2.73. The van der Waals surface area contributed by atoms with Crippen molar-refractivity contribution in [1.29, 1.82) is 0 Å². The molecule has 0 amide bonds. The van der Waals surface area contributed by atoms with E-state index in [1.165, 1.54) is 6.26 Å². The Hall–Kier alpha value is -1.21. The summed E-state index contributed by atoms with van der Waals surface area (Å²) in [6.07, 6.45) is 2.96. The lowest BCUT2D eigenvalue weighted by Crippen LogP contribution is -2.41. The second-order valence-electron chi connectivity index (χ2n) is 6.23. The molecule has 21 heavy (non-hydrogen) atoms. The molecule has 7 heteroatoms. The summed E-state index contributed by atoms with van der Waals surface area (Å²) >= 11 is 0. The second kappa shape index (κ2) is 5.88. The van der Waals surface area contributed by atoms with Crippen LogP contribution >= 0.6 is 0 Å². The fourth-order valence-corrected chi connectivity index (χ4v) is 3.70. The molecule has 1 fully saturated rings. The van der Waals surface area contributed by atoms with E-state index in [9.17, 15) is 8.42 Å². The van der Waals surface area contributed by atoms with Crippen LogP contribution in [0.2, 0.25) is 0 Å². The minimum absolute atomic E-state index is 0.0817. The van der Waals surface area contributed by atoms with Crippen LogP contribution in [0.4, 0.5) is 5.82 Å². The molecule has 0 saturated carbocycles. The number of aryl methyl sites for hydroxylation is 2. The number of anilines is 1. The minimum atomic E-state index is -3.21. The van der Waals surface area contributed by atoms with Crippen molar-refractivity contribution >= 4 is 15.8 Å². The van der Waals surface area contributed by atoms with Crippen molar-refractivity contribution in [3.05, 3.63) is 17.6 Å². The molecule has 0 unspecified atom stereocenters. The van der Waals surface area contributed by atoms with E-state index < -0.39 is 10.0 Å². The predicted molar refractivity (Wildman–Crippen MR) is 83.8 cm³/mol. The van der Waals surface area contributed by atoms with Crippen LogP contribution in [0.25, 0.3) is 0 Å². The fourth-order valence-electron chi connectivity index (χ4n) is 2.90. The van der Waals surface area contributed by atoms with E-state index in [2.05, 4.69) is 33.4 Å². The molecule has 118 valence electrons. The molecule has 0 radical (unpaired) electrons. The van der Waals surface area contributed by atoms with Crippen molar-refractivity contribution in [2.45, 2.75) is 33.7 Å². The Morgan fingerprint density at radius 2 is 2.00 bits per heavy atom. The predicted octanol–water partition coefficient (Wildman–Crippen LogP) is 1.10. The van der Waals surface area contributed by atoms with Crippen LogP contribution in [-0.2, 0) is 10.0 Å². The summed E-state index contributed by atoms with van der Waals surface area (Å²) in [5, 5.41) is 0. The van der Waals surface area contributed by atoms with Gasteiger partial charge >= 0.3 is 0 Å². The molecular weight excluding hydrogens is 288 g/mol. The number of rotatable bonds is 4. The van der Waals surface area contributed by atoms with E-state index in [0.29, 0.717) is 12.5 Å². The molecule has 1 saturated heterocycles. The Morgan fingerprint density at radius 1 is 1.33 bits per heavy atom. The van der Waals surface area contributed by atoms with E-state index in [1.807, 2.05) is 13.8 Å². The third-order valence-corrected chi connectivity index (χ3v) is 4.67. The minimum Gasteiger partial charge on any atom is -0.353 e. The van der Waals surface area contributed by atoms with Crippen molar-refractivity contribution < 1.29 is 8.42 Å². The summed E-state index contributed by atoms with van der Waals surface area (Å²) in [6, 6.07) is -0.0817. The fraction of sp³-hybridized carbons (Fsp3) is 0.714. The van der Waals surface area contributed by atoms with Gasteiger partial charge in [0.15, 0.2) is 0 Å². The van der Waals surface area contributed by atoms with E-state index in [1.54, 1.807) is 6.20 Å². The summed E-state index contributed by atoms with van der Waals surface area (Å²) in [7, 11) is -3.21. The lowest BCUT2D eigenvalue weighted by Gasteiger charge is -2.21. The van der Waals surface area contributed by atoms with Gasteiger partial charge in [0.1, 0.15) is 5.82 Å². The van der Waals surface area contributed by atoms with Gasteiger partial charge in [-0.25, -0.2) is 18.1 Å². The molecule has 1 N–H and O–H groups in total. The first kappa shape index (κ1) is 16.2. The number of hydrogen-bond acceptors (Lipinski definition) is 5. The Balaban J connectivity index is 2.26. The van der Waals surface area contributed by atoms with E-state index in [-0.39, 0.29) is 12.0 Å². The van der Waals surface area contributed by atoms with Gasteiger partial charge < -0.3 is 4.90 Å². The molecule has 2 heterocycles. The highest BCUT2D eigenvalue weighted by atomic mass is 32.2. The maximum absolute atomic E-state index is 11.6. The third kappa shape index (κ3) is 3.91. The highest BCUT2D eigenvalue weighted by Crippen LogP contribution is 2.29. The Morgan fingerprint density at radius 3 is 2.57 bits per heavy atom. The number of sulfonamides is 1. The number of aromatic nitrogens is 2. The average molecular weight is 312 g/mol. The molecule has 1 aliphatic heterocycles. The van der Waals surface area contributed by atoms with Crippen molar-refractivity contribution in [1.82, 2.24) is 14.7 Å². The van der Waals surface area contributed by atoms with Crippen LogP contribution < -0.4 is 9.62 Å². The van der Waals surface area contributed by atoms with Gasteiger partial charge in [-0.3, -0.25) is 4.98 Å². The molecule has 0 aromatic carbocycles. The first-order valence-electron chi connectivity index (χ1n) is 7.20. The van der Waals surface area contributed by atoms with Crippen LogP contribution in [0.3, 0.4) is 0 Å². The molecule has 1 aromatic rings. The zero-order chi connectivity index (χ0) is 15.8. The van der Waals surface area contributed by atoms with E-state index in [4.69, 9.17) is 0 Å².